The van der Waals surface area contributed by atoms with Gasteiger partial charge in [-0.2, -0.15) is 0 Å². The average molecular weight is 318 g/mol. The maximum atomic E-state index is 12.3. The third-order valence-corrected chi connectivity index (χ3v) is 3.44. The number of hydrogen-bond donors (Lipinski definition) is 0. The fourth-order valence-corrected chi connectivity index (χ4v) is 2.11. The van der Waals surface area contributed by atoms with E-state index in [4.69, 9.17) is 0 Å². The number of ether oxygens (including phenoxy) is 1. The van der Waals surface area contributed by atoms with Crippen LogP contribution in [0.15, 0.2) is 48.5 Å². The van der Waals surface area contributed by atoms with E-state index in [0.717, 1.165) is 5.56 Å². The summed E-state index contributed by atoms with van der Waals surface area (Å²) in [6, 6.07) is 13.5. The molecule has 2 aromatic rings. The summed E-state index contributed by atoms with van der Waals surface area (Å²) in [7, 11) is 1.51. The highest BCUT2D eigenvalue weighted by molar-refractivity contribution is 7.81. The van der Waals surface area contributed by atoms with E-state index >= 15 is 0 Å². The molecule has 1 unspecified atom stereocenters. The van der Waals surface area contributed by atoms with E-state index in [1.807, 2.05) is 30.3 Å². The van der Waals surface area contributed by atoms with Crippen molar-refractivity contribution in [2.45, 2.75) is 5.51 Å². The second kappa shape index (κ2) is 6.17. The lowest BCUT2D eigenvalue weighted by Crippen LogP contribution is -2.20. The Hall–Kier alpha value is -2.02. The Morgan fingerprint density at radius 3 is 2.29 bits per heavy atom. The number of rotatable bonds is 4. The summed E-state index contributed by atoms with van der Waals surface area (Å²) in [6.07, 6.45) is 0. The number of halogens is 3. The fourth-order valence-electron chi connectivity index (χ4n) is 1.71. The van der Waals surface area contributed by atoms with Crippen LogP contribution in [0.2, 0.25) is 0 Å². The fraction of sp³-hybridized carbons (Fsp3) is 0.143. The Bertz CT molecular complexity index is 642. The predicted molar refractivity (Wildman–Crippen MR) is 75.6 cm³/mol. The van der Waals surface area contributed by atoms with Gasteiger partial charge in [0.2, 0.25) is 0 Å². The van der Waals surface area contributed by atoms with Crippen molar-refractivity contribution in [3.05, 3.63) is 48.5 Å². The highest BCUT2D eigenvalue weighted by atomic mass is 32.2. The van der Waals surface area contributed by atoms with Gasteiger partial charge in [-0.3, -0.25) is 4.18 Å². The molecular formula is C14H13F3O3S+2. The minimum Gasteiger partial charge on any atom is -0.585 e. The Morgan fingerprint density at radius 1 is 1.05 bits per heavy atom. The number of thiol groups is 1. The third kappa shape index (κ3) is 3.98. The minimum atomic E-state index is -4.89. The van der Waals surface area contributed by atoms with Crippen LogP contribution < -0.4 is 4.18 Å². The lowest BCUT2D eigenvalue weighted by molar-refractivity contribution is -0.0444. The third-order valence-electron chi connectivity index (χ3n) is 2.65. The molecule has 0 aliphatic carbocycles. The number of aliphatic hydroxyl groups is 1. The van der Waals surface area contributed by atoms with Gasteiger partial charge in [-0.25, -0.2) is 0 Å². The molecule has 0 aliphatic heterocycles. The van der Waals surface area contributed by atoms with E-state index < -0.39 is 16.6 Å². The topological polar surface area (TPSA) is 39.1 Å². The molecule has 1 N–H and O–H groups in total. The Balaban J connectivity index is 2.37. The molecule has 0 aliphatic rings. The van der Waals surface area contributed by atoms with Gasteiger partial charge in [0, 0.05) is 6.07 Å². The summed E-state index contributed by atoms with van der Waals surface area (Å²) in [5.74, 6) is 0.312. The maximum absolute atomic E-state index is 12.3. The van der Waals surface area contributed by atoms with Crippen molar-refractivity contribution in [3.8, 4) is 22.6 Å². The minimum absolute atomic E-state index is 0.129. The number of aromatic hydroxyl groups is 1. The maximum Gasteiger partial charge on any atom is 0.615 e. The van der Waals surface area contributed by atoms with Crippen molar-refractivity contribution in [2.24, 2.45) is 0 Å². The molecule has 0 spiro atoms. The van der Waals surface area contributed by atoms with Crippen molar-refractivity contribution >= 4 is 11.1 Å². The van der Waals surface area contributed by atoms with Crippen LogP contribution in [0.1, 0.15) is 0 Å². The molecule has 0 fully saturated rings. The second-order valence-corrected chi connectivity index (χ2v) is 5.33. The molecule has 21 heavy (non-hydrogen) atoms. The van der Waals surface area contributed by atoms with Crippen molar-refractivity contribution in [3.63, 3.8) is 0 Å². The molecule has 7 heteroatoms. The van der Waals surface area contributed by atoms with Crippen LogP contribution in [0.4, 0.5) is 13.2 Å². The van der Waals surface area contributed by atoms with E-state index in [1.54, 1.807) is 6.07 Å². The van der Waals surface area contributed by atoms with Gasteiger partial charge in [0.25, 0.3) is 5.75 Å². The Labute approximate surface area is 122 Å². The van der Waals surface area contributed by atoms with E-state index in [0.29, 0.717) is 11.3 Å². The van der Waals surface area contributed by atoms with Crippen molar-refractivity contribution in [2.75, 3.05) is 7.11 Å². The zero-order valence-electron chi connectivity index (χ0n) is 11.0. The zero-order chi connectivity index (χ0) is 15.5. The standard InChI is InChI=1S/C14H11F3O3S/c1-19-12-7-11(10-5-3-2-4-6-10)8-13(9-12)20-21(18)14(15,16)17/h2-9H,1H3/p+2. The summed E-state index contributed by atoms with van der Waals surface area (Å²) < 4.78 is 56.4. The van der Waals surface area contributed by atoms with Crippen LogP contribution in [0, 0.1) is 0 Å². The molecule has 3 nitrogen and oxygen atoms in total. The largest absolute Gasteiger partial charge is 0.615 e. The monoisotopic (exact) mass is 318 g/mol. The summed E-state index contributed by atoms with van der Waals surface area (Å²) in [5.41, 5.74) is -3.45. The molecule has 112 valence electrons. The van der Waals surface area contributed by atoms with Crippen LogP contribution in [-0.4, -0.2) is 17.4 Å². The summed E-state index contributed by atoms with van der Waals surface area (Å²) >= 11 is -3.79. The molecular weight excluding hydrogens is 305 g/mol. The molecule has 0 amide bonds. The number of alkyl halides is 3. The lowest BCUT2D eigenvalue weighted by atomic mass is 10.1. The SMILES string of the molecule is C[OH+]c1cc(O[SH+](=O)C(F)(F)F)cc(-c2ccccc2)c1. The van der Waals surface area contributed by atoms with Gasteiger partial charge in [0.15, 0.2) is 12.9 Å². The van der Waals surface area contributed by atoms with Crippen LogP contribution >= 0.6 is 0 Å². The normalized spacial score (nSPS) is 12.8. The van der Waals surface area contributed by atoms with Gasteiger partial charge in [-0.15, -0.1) is 13.2 Å². The highest BCUT2D eigenvalue weighted by Gasteiger charge is 2.47. The number of hydrogen-bond acceptors (Lipinski definition) is 2. The quantitative estimate of drug-likeness (QED) is 0.636. The molecule has 2 aromatic carbocycles. The number of benzene rings is 2. The first-order valence-corrected chi connectivity index (χ1v) is 7.10. The molecule has 0 saturated heterocycles. The molecule has 0 radical (unpaired) electrons. The molecule has 0 bridgehead atoms. The van der Waals surface area contributed by atoms with E-state index in [2.05, 4.69) is 8.92 Å². The zero-order valence-corrected chi connectivity index (χ0v) is 11.9. The van der Waals surface area contributed by atoms with Gasteiger partial charge >= 0.3 is 16.6 Å². The second-order valence-electron chi connectivity index (χ2n) is 4.12. The van der Waals surface area contributed by atoms with E-state index in [9.17, 15) is 17.4 Å². The van der Waals surface area contributed by atoms with Crippen LogP contribution in [0.5, 0.6) is 11.5 Å². The van der Waals surface area contributed by atoms with Crippen LogP contribution in [0.25, 0.3) is 11.1 Å². The first-order valence-electron chi connectivity index (χ1n) is 5.92. The first kappa shape index (κ1) is 15.4. The Morgan fingerprint density at radius 2 is 1.71 bits per heavy atom. The molecule has 0 heterocycles. The average Bonchev–Trinajstić information content (AvgIpc) is 2.46. The van der Waals surface area contributed by atoms with Crippen LogP contribution in [-0.2, 0) is 15.3 Å². The molecule has 0 saturated carbocycles. The summed E-state index contributed by atoms with van der Waals surface area (Å²) in [5, 5.41) is 0. The van der Waals surface area contributed by atoms with Crippen molar-refractivity contribution in [1.82, 2.24) is 0 Å². The smallest absolute Gasteiger partial charge is 0.585 e. The van der Waals surface area contributed by atoms with Gasteiger partial charge in [-0.05, 0) is 17.2 Å². The van der Waals surface area contributed by atoms with E-state index in [1.165, 1.54) is 19.2 Å². The molecule has 1 atom stereocenters. The van der Waals surface area contributed by atoms with Crippen molar-refractivity contribution in [1.29, 1.82) is 0 Å². The lowest BCUT2D eigenvalue weighted by Gasteiger charge is -2.06. The van der Waals surface area contributed by atoms with Gasteiger partial charge in [-0.1, -0.05) is 34.5 Å². The van der Waals surface area contributed by atoms with Gasteiger partial charge < -0.3 is 4.74 Å². The molecule has 0 aromatic heterocycles. The van der Waals surface area contributed by atoms with Crippen molar-refractivity contribution < 1.29 is 26.3 Å². The predicted octanol–water partition coefficient (Wildman–Crippen LogP) is 3.73. The highest BCUT2D eigenvalue weighted by Crippen LogP contribution is 2.32. The van der Waals surface area contributed by atoms with Crippen LogP contribution in [0.3, 0.4) is 0 Å². The van der Waals surface area contributed by atoms with Gasteiger partial charge in [0.05, 0.1) is 6.07 Å². The van der Waals surface area contributed by atoms with Gasteiger partial charge in [0.1, 0.15) is 0 Å². The first-order chi connectivity index (χ1) is 9.90. The summed E-state index contributed by atoms with van der Waals surface area (Å²) in [4.78, 5) is 0. The van der Waals surface area contributed by atoms with E-state index in [-0.39, 0.29) is 5.75 Å². The Kier molecular flexibility index (Phi) is 4.52. The summed E-state index contributed by atoms with van der Waals surface area (Å²) in [6.45, 7) is 0. The molecule has 2 rings (SSSR count).